The van der Waals surface area contributed by atoms with Crippen molar-refractivity contribution in [2.45, 2.75) is 65.2 Å². The van der Waals surface area contributed by atoms with Gasteiger partial charge in [-0.1, -0.05) is 35.6 Å². The van der Waals surface area contributed by atoms with Gasteiger partial charge in [0.2, 0.25) is 5.95 Å². The zero-order valence-electron chi connectivity index (χ0n) is 26.3. The Morgan fingerprint density at radius 3 is 2.24 bits per heavy atom. The maximum Gasteiger partial charge on any atom is 0.416 e. The number of hydrogen-bond donors (Lipinski definition) is 1. The SMILES string of the molecule is COC(=O)c1ccc(CC(CN(C(=O)OC(C)(C)C)c2ncc(-c3ccc4cnc(F)cc4c3)s2)NC(=O)OC(C)(C)C)cc1. The average Bonchev–Trinajstić information content (AvgIpc) is 3.43. The molecular formula is C33H37FN4O6S. The molecule has 4 aromatic rings. The number of amides is 2. The van der Waals surface area contributed by atoms with Crippen molar-refractivity contribution >= 4 is 45.4 Å². The number of aromatic nitrogens is 2. The molecule has 2 aromatic heterocycles. The van der Waals surface area contributed by atoms with Crippen molar-refractivity contribution in [1.29, 1.82) is 0 Å². The lowest BCUT2D eigenvalue weighted by atomic mass is 10.0. The Balaban J connectivity index is 1.67. The predicted molar refractivity (Wildman–Crippen MR) is 171 cm³/mol. The average molecular weight is 637 g/mol. The maximum atomic E-state index is 13.8. The smallest absolute Gasteiger partial charge is 0.416 e. The zero-order chi connectivity index (χ0) is 32.9. The van der Waals surface area contributed by atoms with E-state index < -0.39 is 41.3 Å². The Bertz CT molecular complexity index is 1680. The number of carbonyl (C=O) groups excluding carboxylic acids is 3. The number of methoxy groups -OCH3 is 1. The Morgan fingerprint density at radius 1 is 0.911 bits per heavy atom. The second-order valence-electron chi connectivity index (χ2n) is 12.4. The minimum absolute atomic E-state index is 0.00549. The van der Waals surface area contributed by atoms with E-state index in [2.05, 4.69) is 15.3 Å². The van der Waals surface area contributed by atoms with Gasteiger partial charge in [-0.05, 0) is 82.7 Å². The minimum atomic E-state index is -0.802. The van der Waals surface area contributed by atoms with Gasteiger partial charge in [-0.25, -0.2) is 24.4 Å². The van der Waals surface area contributed by atoms with Crippen LogP contribution in [0.5, 0.6) is 0 Å². The van der Waals surface area contributed by atoms with E-state index in [1.165, 1.54) is 35.6 Å². The molecule has 0 aliphatic carbocycles. The highest BCUT2D eigenvalue weighted by Gasteiger charge is 2.30. The lowest BCUT2D eigenvalue weighted by molar-refractivity contribution is 0.0486. The van der Waals surface area contributed by atoms with Crippen LogP contribution in [0.4, 0.5) is 19.1 Å². The number of thiazole rings is 1. The molecule has 0 aliphatic heterocycles. The largest absolute Gasteiger partial charge is 0.465 e. The molecule has 0 fully saturated rings. The molecule has 2 amide bonds. The van der Waals surface area contributed by atoms with E-state index >= 15 is 0 Å². The first-order valence-corrected chi connectivity index (χ1v) is 15.1. The van der Waals surface area contributed by atoms with Crippen molar-refractivity contribution in [2.75, 3.05) is 18.6 Å². The number of benzene rings is 2. The van der Waals surface area contributed by atoms with Crippen LogP contribution >= 0.6 is 11.3 Å². The molecule has 238 valence electrons. The summed E-state index contributed by atoms with van der Waals surface area (Å²) in [4.78, 5) is 48.8. The van der Waals surface area contributed by atoms with Crippen molar-refractivity contribution in [3.63, 3.8) is 0 Å². The van der Waals surface area contributed by atoms with Crippen LogP contribution in [0.25, 0.3) is 21.2 Å². The van der Waals surface area contributed by atoms with Gasteiger partial charge < -0.3 is 19.5 Å². The molecule has 0 saturated carbocycles. The molecular weight excluding hydrogens is 599 g/mol. The van der Waals surface area contributed by atoms with Crippen LogP contribution < -0.4 is 10.2 Å². The summed E-state index contributed by atoms with van der Waals surface area (Å²) in [7, 11) is 1.31. The van der Waals surface area contributed by atoms with Crippen molar-refractivity contribution in [2.24, 2.45) is 0 Å². The molecule has 1 atom stereocenters. The van der Waals surface area contributed by atoms with Gasteiger partial charge >= 0.3 is 18.2 Å². The fourth-order valence-electron chi connectivity index (χ4n) is 4.37. The number of halogens is 1. The van der Waals surface area contributed by atoms with Gasteiger partial charge in [0, 0.05) is 23.8 Å². The quantitative estimate of drug-likeness (QED) is 0.123. The van der Waals surface area contributed by atoms with Gasteiger partial charge in [-0.2, -0.15) is 4.39 Å². The highest BCUT2D eigenvalue weighted by Crippen LogP contribution is 2.34. The summed E-state index contributed by atoms with van der Waals surface area (Å²) in [5.74, 6) is -1.04. The van der Waals surface area contributed by atoms with E-state index in [0.29, 0.717) is 22.5 Å². The van der Waals surface area contributed by atoms with Gasteiger partial charge in [-0.15, -0.1) is 0 Å². The zero-order valence-corrected chi connectivity index (χ0v) is 27.2. The topological polar surface area (TPSA) is 120 Å². The molecule has 45 heavy (non-hydrogen) atoms. The Hall–Kier alpha value is -4.58. The lowest BCUT2D eigenvalue weighted by Crippen LogP contribution is -2.49. The summed E-state index contributed by atoms with van der Waals surface area (Å²) in [6, 6.07) is 13.1. The van der Waals surface area contributed by atoms with Crippen LogP contribution in [0, 0.1) is 5.95 Å². The third-order valence-electron chi connectivity index (χ3n) is 6.29. The number of rotatable bonds is 8. The number of carbonyl (C=O) groups is 3. The number of ether oxygens (including phenoxy) is 3. The van der Waals surface area contributed by atoms with E-state index in [0.717, 1.165) is 21.4 Å². The third-order valence-corrected chi connectivity index (χ3v) is 7.36. The normalized spacial score (nSPS) is 12.4. The molecule has 0 bridgehead atoms. The van der Waals surface area contributed by atoms with Gasteiger partial charge in [0.25, 0.3) is 0 Å². The molecule has 2 heterocycles. The Kier molecular flexibility index (Phi) is 10.1. The summed E-state index contributed by atoms with van der Waals surface area (Å²) < 4.78 is 29.8. The summed E-state index contributed by atoms with van der Waals surface area (Å²) in [5.41, 5.74) is 0.422. The van der Waals surface area contributed by atoms with Crippen molar-refractivity contribution in [3.8, 4) is 10.4 Å². The number of fused-ring (bicyclic) bond motifs is 1. The Morgan fingerprint density at radius 2 is 1.60 bits per heavy atom. The molecule has 0 radical (unpaired) electrons. The number of alkyl carbamates (subject to hydrolysis) is 1. The highest BCUT2D eigenvalue weighted by molar-refractivity contribution is 7.19. The van der Waals surface area contributed by atoms with Crippen molar-refractivity contribution < 1.29 is 33.0 Å². The first-order chi connectivity index (χ1) is 21.1. The fourth-order valence-corrected chi connectivity index (χ4v) is 5.28. The van der Waals surface area contributed by atoms with Crippen LogP contribution in [0.1, 0.15) is 57.5 Å². The van der Waals surface area contributed by atoms with Crippen LogP contribution in [-0.4, -0.2) is 59.0 Å². The number of pyridine rings is 1. The van der Waals surface area contributed by atoms with Crippen molar-refractivity contribution in [1.82, 2.24) is 15.3 Å². The first kappa shape index (κ1) is 33.3. The van der Waals surface area contributed by atoms with E-state index in [1.54, 1.807) is 72.0 Å². The summed E-state index contributed by atoms with van der Waals surface area (Å²) >= 11 is 1.26. The van der Waals surface area contributed by atoms with E-state index in [-0.39, 0.29) is 6.54 Å². The summed E-state index contributed by atoms with van der Waals surface area (Å²) in [6.45, 7) is 10.6. The van der Waals surface area contributed by atoms with Gasteiger partial charge in [0.15, 0.2) is 5.13 Å². The number of esters is 1. The molecule has 10 nitrogen and oxygen atoms in total. The van der Waals surface area contributed by atoms with Crippen LogP contribution in [0.15, 0.2) is 60.9 Å². The third kappa shape index (κ3) is 9.45. The fraction of sp³-hybridized carbons (Fsp3) is 0.364. The number of nitrogens with zero attached hydrogens (tertiary/aromatic N) is 3. The summed E-state index contributed by atoms with van der Waals surface area (Å²) in [5, 5.41) is 4.70. The standard InChI is InChI=1S/C33H37FN4O6S/c1-32(2,3)43-30(40)37-25(14-20-8-10-21(11-9-20)28(39)42-7)19-38(31(41)44-33(4,5)6)29-36-18-26(45-29)22-12-13-23-17-35-27(34)16-24(23)15-22/h8-13,15-18,25H,14,19H2,1-7H3,(H,37,40). The number of hydrogen-bond acceptors (Lipinski definition) is 9. The second-order valence-corrected chi connectivity index (χ2v) is 13.4. The van der Waals surface area contributed by atoms with E-state index in [4.69, 9.17) is 14.2 Å². The van der Waals surface area contributed by atoms with Crippen LogP contribution in [-0.2, 0) is 20.6 Å². The highest BCUT2D eigenvalue weighted by atomic mass is 32.1. The first-order valence-electron chi connectivity index (χ1n) is 14.3. The minimum Gasteiger partial charge on any atom is -0.465 e. The predicted octanol–water partition coefficient (Wildman–Crippen LogP) is 7.16. The molecule has 4 rings (SSSR count). The molecule has 0 saturated heterocycles. The molecule has 1 N–H and O–H groups in total. The Labute approximate surface area is 265 Å². The molecule has 0 aliphatic rings. The van der Waals surface area contributed by atoms with Gasteiger partial charge in [-0.3, -0.25) is 4.90 Å². The van der Waals surface area contributed by atoms with E-state index in [1.807, 2.05) is 18.2 Å². The molecule has 12 heteroatoms. The van der Waals surface area contributed by atoms with E-state index in [9.17, 15) is 18.8 Å². The second kappa shape index (κ2) is 13.6. The number of nitrogens with one attached hydrogen (secondary N) is 1. The van der Waals surface area contributed by atoms with Crippen molar-refractivity contribution in [3.05, 3.63) is 78.0 Å². The van der Waals surface area contributed by atoms with Gasteiger partial charge in [0.1, 0.15) is 11.2 Å². The van der Waals surface area contributed by atoms with Gasteiger partial charge in [0.05, 0.1) is 30.1 Å². The molecule has 1 unspecified atom stereocenters. The molecule has 0 spiro atoms. The molecule has 2 aromatic carbocycles. The maximum absolute atomic E-state index is 13.8. The monoisotopic (exact) mass is 636 g/mol. The lowest BCUT2D eigenvalue weighted by Gasteiger charge is -2.30. The number of anilines is 1. The summed E-state index contributed by atoms with van der Waals surface area (Å²) in [6.07, 6.45) is 2.10. The van der Waals surface area contributed by atoms with Crippen LogP contribution in [0.2, 0.25) is 0 Å². The van der Waals surface area contributed by atoms with Crippen LogP contribution in [0.3, 0.4) is 0 Å².